The minimum absolute atomic E-state index is 0.0492. The third-order valence-electron chi connectivity index (χ3n) is 6.25. The summed E-state index contributed by atoms with van der Waals surface area (Å²) >= 11 is 0. The normalized spacial score (nSPS) is 18.8. The number of alkyl halides is 3. The maximum Gasteiger partial charge on any atom is 0.433 e. The van der Waals surface area contributed by atoms with Gasteiger partial charge in [0, 0.05) is 43.4 Å². The molecule has 6 nitrogen and oxygen atoms in total. The van der Waals surface area contributed by atoms with E-state index in [-0.39, 0.29) is 11.8 Å². The summed E-state index contributed by atoms with van der Waals surface area (Å²) in [5, 5.41) is 0. The lowest BCUT2D eigenvalue weighted by atomic mass is 10.1. The molecule has 0 N–H and O–H groups in total. The smallest absolute Gasteiger partial charge is 0.371 e. The predicted octanol–water partition coefficient (Wildman–Crippen LogP) is 3.73. The van der Waals surface area contributed by atoms with Crippen LogP contribution in [0.4, 0.5) is 18.9 Å². The highest BCUT2D eigenvalue weighted by atomic mass is 19.4. The highest BCUT2D eigenvalue weighted by Crippen LogP contribution is 2.33. The van der Waals surface area contributed by atoms with Gasteiger partial charge in [-0.3, -0.25) is 9.78 Å². The monoisotopic (exact) mass is 429 g/mol. The second-order valence-electron chi connectivity index (χ2n) is 8.39. The maximum atomic E-state index is 13.3. The van der Waals surface area contributed by atoms with E-state index in [9.17, 15) is 18.0 Å². The standard InChI is InChI=1S/C22H22F3N5O/c1-13-7-20-27-14(2)9-30(20)18-12-29(11-17(13)18)21(31)15-4-6-28(10-15)16-3-5-26-19(8-16)22(23,24)25/h3,5,7-9,15H,4,6,10-12H2,1-2H3/t15-/m1/s1. The molecule has 1 atom stereocenters. The molecule has 2 aliphatic rings. The van der Waals surface area contributed by atoms with Crippen molar-refractivity contribution >= 4 is 17.2 Å². The zero-order valence-electron chi connectivity index (χ0n) is 17.3. The van der Waals surface area contributed by atoms with Gasteiger partial charge in [0.2, 0.25) is 5.91 Å². The van der Waals surface area contributed by atoms with Crippen molar-refractivity contribution in [1.82, 2.24) is 19.3 Å². The predicted molar refractivity (Wildman–Crippen MR) is 108 cm³/mol. The second kappa shape index (κ2) is 6.96. The number of carbonyl (C=O) groups is 1. The Morgan fingerprint density at radius 1 is 1.19 bits per heavy atom. The van der Waals surface area contributed by atoms with E-state index in [1.807, 2.05) is 35.9 Å². The maximum absolute atomic E-state index is 13.3. The summed E-state index contributed by atoms with van der Waals surface area (Å²) in [6.45, 7) is 6.01. The molecule has 9 heteroatoms. The molecule has 1 saturated heterocycles. The van der Waals surface area contributed by atoms with Gasteiger partial charge in [0.15, 0.2) is 0 Å². The lowest BCUT2D eigenvalue weighted by Crippen LogP contribution is -2.34. The molecule has 0 saturated carbocycles. The van der Waals surface area contributed by atoms with Crippen molar-refractivity contribution in [2.45, 2.75) is 39.5 Å². The Kier molecular flexibility index (Phi) is 4.46. The Morgan fingerprint density at radius 2 is 2.00 bits per heavy atom. The van der Waals surface area contributed by atoms with Crippen molar-refractivity contribution in [3.63, 3.8) is 0 Å². The van der Waals surface area contributed by atoms with Gasteiger partial charge in [-0.15, -0.1) is 0 Å². The van der Waals surface area contributed by atoms with Crippen LogP contribution in [0.5, 0.6) is 0 Å². The molecule has 0 unspecified atom stereocenters. The zero-order valence-corrected chi connectivity index (χ0v) is 17.3. The van der Waals surface area contributed by atoms with Gasteiger partial charge in [-0.2, -0.15) is 13.2 Å². The number of hydrogen-bond donors (Lipinski definition) is 0. The van der Waals surface area contributed by atoms with Crippen LogP contribution in [-0.4, -0.2) is 38.3 Å². The first-order chi connectivity index (χ1) is 14.7. The van der Waals surface area contributed by atoms with E-state index in [2.05, 4.69) is 14.4 Å². The fourth-order valence-corrected chi connectivity index (χ4v) is 4.68. The van der Waals surface area contributed by atoms with E-state index in [1.165, 1.54) is 6.20 Å². The number of hydrogen-bond acceptors (Lipinski definition) is 4. The molecule has 0 bridgehead atoms. The van der Waals surface area contributed by atoms with Crippen LogP contribution in [0.15, 0.2) is 30.6 Å². The first-order valence-corrected chi connectivity index (χ1v) is 10.2. The number of aryl methyl sites for hydroxylation is 2. The van der Waals surface area contributed by atoms with Crippen LogP contribution >= 0.6 is 0 Å². The molecular weight excluding hydrogens is 407 g/mol. The topological polar surface area (TPSA) is 53.7 Å². The number of amides is 1. The second-order valence-corrected chi connectivity index (χ2v) is 8.39. The molecule has 31 heavy (non-hydrogen) atoms. The number of rotatable bonds is 2. The van der Waals surface area contributed by atoms with E-state index in [1.54, 1.807) is 6.07 Å². The molecule has 3 aromatic rings. The van der Waals surface area contributed by atoms with Crippen molar-refractivity contribution in [2.24, 2.45) is 5.92 Å². The van der Waals surface area contributed by atoms with Gasteiger partial charge in [-0.05, 0) is 49.6 Å². The average molecular weight is 429 g/mol. The summed E-state index contributed by atoms with van der Waals surface area (Å²) < 4.78 is 41.0. The summed E-state index contributed by atoms with van der Waals surface area (Å²) in [7, 11) is 0. The summed E-state index contributed by atoms with van der Waals surface area (Å²) in [6.07, 6.45) is -0.707. The van der Waals surface area contributed by atoms with Crippen LogP contribution in [0.2, 0.25) is 0 Å². The molecule has 162 valence electrons. The van der Waals surface area contributed by atoms with Crippen LogP contribution in [0, 0.1) is 19.8 Å². The molecule has 0 radical (unpaired) electrons. The van der Waals surface area contributed by atoms with Crippen molar-refractivity contribution < 1.29 is 18.0 Å². The van der Waals surface area contributed by atoms with E-state index in [0.717, 1.165) is 34.2 Å². The molecule has 1 amide bonds. The molecule has 3 aromatic heterocycles. The van der Waals surface area contributed by atoms with Crippen molar-refractivity contribution in [1.29, 1.82) is 0 Å². The number of carbonyl (C=O) groups excluding carboxylic acids is 1. The molecule has 2 aliphatic heterocycles. The summed E-state index contributed by atoms with van der Waals surface area (Å²) in [4.78, 5) is 24.9. The van der Waals surface area contributed by atoms with Gasteiger partial charge in [0.1, 0.15) is 11.3 Å². The van der Waals surface area contributed by atoms with Crippen LogP contribution in [0.3, 0.4) is 0 Å². The largest absolute Gasteiger partial charge is 0.433 e. The summed E-state index contributed by atoms with van der Waals surface area (Å²) in [5.41, 5.74) is 4.71. The first-order valence-electron chi connectivity index (χ1n) is 10.2. The number of anilines is 1. The zero-order chi connectivity index (χ0) is 21.9. The lowest BCUT2D eigenvalue weighted by Gasteiger charge is -2.22. The number of halogens is 3. The van der Waals surface area contributed by atoms with Crippen LogP contribution in [0.25, 0.3) is 5.65 Å². The van der Waals surface area contributed by atoms with Gasteiger partial charge in [-0.1, -0.05) is 0 Å². The summed E-state index contributed by atoms with van der Waals surface area (Å²) in [6, 6.07) is 4.66. The molecule has 1 fully saturated rings. The number of pyridine rings is 2. The van der Waals surface area contributed by atoms with Gasteiger partial charge in [0.05, 0.1) is 18.2 Å². The van der Waals surface area contributed by atoms with Gasteiger partial charge in [0.25, 0.3) is 0 Å². The number of imidazole rings is 1. The summed E-state index contributed by atoms with van der Waals surface area (Å²) in [5.74, 6) is -0.190. The third kappa shape index (κ3) is 3.41. The van der Waals surface area contributed by atoms with Crippen molar-refractivity contribution in [2.75, 3.05) is 18.0 Å². The fraction of sp³-hybridized carbons (Fsp3) is 0.409. The lowest BCUT2D eigenvalue weighted by molar-refractivity contribution is -0.141. The van der Waals surface area contributed by atoms with Gasteiger partial charge >= 0.3 is 6.18 Å². The van der Waals surface area contributed by atoms with E-state index < -0.39 is 11.9 Å². The first kappa shape index (κ1) is 19.8. The number of fused-ring (bicyclic) bond motifs is 3. The van der Waals surface area contributed by atoms with Crippen molar-refractivity contribution in [3.8, 4) is 0 Å². The van der Waals surface area contributed by atoms with E-state index >= 15 is 0 Å². The molecule has 5 heterocycles. The minimum atomic E-state index is -4.48. The Morgan fingerprint density at radius 3 is 2.77 bits per heavy atom. The quantitative estimate of drug-likeness (QED) is 0.623. The van der Waals surface area contributed by atoms with Crippen LogP contribution in [-0.2, 0) is 24.1 Å². The highest BCUT2D eigenvalue weighted by Gasteiger charge is 2.37. The Labute approximate surface area is 177 Å². The molecule has 5 rings (SSSR count). The number of aromatic nitrogens is 3. The third-order valence-corrected chi connectivity index (χ3v) is 6.25. The minimum Gasteiger partial charge on any atom is -0.371 e. The Hall–Kier alpha value is -3.10. The number of nitrogens with zero attached hydrogens (tertiary/aromatic N) is 5. The Balaban J connectivity index is 1.33. The highest BCUT2D eigenvalue weighted by molar-refractivity contribution is 5.81. The SMILES string of the molecule is Cc1cn2c3c(c(C)cc2n1)CN(C(=O)[C@@H]1CCN(c2ccnc(C(F)(F)F)c2)C1)C3. The average Bonchev–Trinajstić information content (AvgIpc) is 3.44. The molecule has 0 aromatic carbocycles. The van der Waals surface area contributed by atoms with Gasteiger partial charge < -0.3 is 14.2 Å². The molecule has 0 aliphatic carbocycles. The van der Waals surface area contributed by atoms with E-state index in [0.29, 0.717) is 38.3 Å². The molecular formula is C22H22F3N5O. The Bertz CT molecular complexity index is 1190. The van der Waals surface area contributed by atoms with Crippen LogP contribution < -0.4 is 4.90 Å². The fourth-order valence-electron chi connectivity index (χ4n) is 4.68. The van der Waals surface area contributed by atoms with Crippen molar-refractivity contribution in [3.05, 3.63) is 58.8 Å². The van der Waals surface area contributed by atoms with Crippen LogP contribution in [0.1, 0.15) is 34.6 Å². The van der Waals surface area contributed by atoms with E-state index in [4.69, 9.17) is 0 Å². The van der Waals surface area contributed by atoms with Gasteiger partial charge in [-0.25, -0.2) is 4.98 Å². The molecule has 0 spiro atoms.